The van der Waals surface area contributed by atoms with Crippen LogP contribution in [-0.4, -0.2) is 20.7 Å². The molecule has 1 aromatic heterocycles. The number of carbonyl (C=O) groups is 1. The molecule has 1 heterocycles. The lowest BCUT2D eigenvalue weighted by molar-refractivity contribution is -0.151. The zero-order chi connectivity index (χ0) is 7.56. The number of nitrogens with zero attached hydrogens (tertiary/aromatic N) is 1. The maximum Gasteiger partial charge on any atom is 0.354 e. The Morgan fingerprint density at radius 2 is 1.90 bits per heavy atom. The summed E-state index contributed by atoms with van der Waals surface area (Å²) in [7, 11) is 0. The molecule has 0 fully saturated rings. The highest BCUT2D eigenvalue weighted by molar-refractivity contribution is 5.69. The van der Waals surface area contributed by atoms with Gasteiger partial charge in [-0.05, 0) is 12.1 Å². The fourth-order valence-corrected chi connectivity index (χ4v) is 0.638. The van der Waals surface area contributed by atoms with Crippen LogP contribution in [0.15, 0.2) is 24.5 Å². The molecule has 0 saturated heterocycles. The first-order chi connectivity index (χ1) is 4.72. The number of aliphatic carboxylic acids is 1. The molecule has 1 atom stereocenters. The highest BCUT2D eigenvalue weighted by Crippen LogP contribution is 2.01. The normalized spacial score (nSPS) is 12.9. The van der Waals surface area contributed by atoms with Gasteiger partial charge in [0, 0.05) is 12.4 Å². The van der Waals surface area contributed by atoms with Crippen molar-refractivity contribution in [3.63, 3.8) is 0 Å². The Morgan fingerprint density at radius 1 is 1.40 bits per heavy atom. The molecule has 2 N–H and O–H groups in total. The van der Waals surface area contributed by atoms with Crippen LogP contribution in [0.2, 0.25) is 0 Å². The quantitative estimate of drug-likeness (QED) is 0.612. The average molecular weight is 141 g/mol. The Balaban J connectivity index is 2.77. The van der Waals surface area contributed by atoms with Crippen molar-refractivity contribution < 1.29 is 15.0 Å². The van der Waals surface area contributed by atoms with Crippen LogP contribution in [-0.2, 0) is 4.79 Å². The standard InChI is InChI=1S/C6H7NO3/c8-5(6(9)10)7-3-1-2-4-7/h1-5,8H,(H,9,10). The lowest BCUT2D eigenvalue weighted by Crippen LogP contribution is -2.16. The van der Waals surface area contributed by atoms with E-state index in [1.807, 2.05) is 0 Å². The lowest BCUT2D eigenvalue weighted by Gasteiger charge is -2.04. The molecule has 0 saturated carbocycles. The number of aliphatic hydroxyl groups excluding tert-OH is 1. The van der Waals surface area contributed by atoms with E-state index in [0.717, 1.165) is 0 Å². The number of carboxylic acids is 1. The van der Waals surface area contributed by atoms with Gasteiger partial charge in [0.25, 0.3) is 0 Å². The molecular weight excluding hydrogens is 134 g/mol. The van der Waals surface area contributed by atoms with Gasteiger partial charge in [-0.15, -0.1) is 0 Å². The predicted molar refractivity (Wildman–Crippen MR) is 33.3 cm³/mol. The monoisotopic (exact) mass is 141 g/mol. The first kappa shape index (κ1) is 6.82. The first-order valence-electron chi connectivity index (χ1n) is 2.75. The SMILES string of the molecule is O=C(O)C(O)n1cccc1. The predicted octanol–water partition coefficient (Wildman–Crippen LogP) is 0.0636. The molecule has 1 aromatic rings. The minimum absolute atomic E-state index is 1.20. The molecule has 10 heavy (non-hydrogen) atoms. The molecule has 0 aromatic carbocycles. The van der Waals surface area contributed by atoms with Crippen molar-refractivity contribution in [2.45, 2.75) is 6.23 Å². The molecule has 4 nitrogen and oxygen atoms in total. The van der Waals surface area contributed by atoms with E-state index >= 15 is 0 Å². The molecule has 54 valence electrons. The number of carboxylic acid groups (broad SMARTS) is 1. The van der Waals surface area contributed by atoms with Gasteiger partial charge < -0.3 is 14.8 Å². The summed E-state index contributed by atoms with van der Waals surface area (Å²) >= 11 is 0. The molecule has 0 aliphatic heterocycles. The largest absolute Gasteiger partial charge is 0.478 e. The smallest absolute Gasteiger partial charge is 0.354 e. The van der Waals surface area contributed by atoms with Gasteiger partial charge in [-0.25, -0.2) is 4.79 Å². The van der Waals surface area contributed by atoms with Crippen molar-refractivity contribution in [1.29, 1.82) is 0 Å². The maximum atomic E-state index is 10.1. The Hall–Kier alpha value is -1.29. The summed E-state index contributed by atoms with van der Waals surface area (Å²) < 4.78 is 1.20. The van der Waals surface area contributed by atoms with Crippen molar-refractivity contribution in [3.05, 3.63) is 24.5 Å². The number of aromatic nitrogens is 1. The second kappa shape index (κ2) is 2.53. The fraction of sp³-hybridized carbons (Fsp3) is 0.167. The van der Waals surface area contributed by atoms with Gasteiger partial charge in [0.1, 0.15) is 0 Å². The summed E-state index contributed by atoms with van der Waals surface area (Å²) in [6.45, 7) is 0. The number of rotatable bonds is 2. The number of hydrogen-bond acceptors (Lipinski definition) is 2. The van der Waals surface area contributed by atoms with Crippen LogP contribution in [0, 0.1) is 0 Å². The summed E-state index contributed by atoms with van der Waals surface area (Å²) in [6.07, 6.45) is 1.51. The first-order valence-corrected chi connectivity index (χ1v) is 2.75. The molecule has 0 amide bonds. The minimum Gasteiger partial charge on any atom is -0.478 e. The summed E-state index contributed by atoms with van der Waals surface area (Å²) in [4.78, 5) is 10.1. The van der Waals surface area contributed by atoms with Gasteiger partial charge >= 0.3 is 5.97 Å². The van der Waals surface area contributed by atoms with Crippen LogP contribution in [0.5, 0.6) is 0 Å². The van der Waals surface area contributed by atoms with E-state index < -0.39 is 12.2 Å². The van der Waals surface area contributed by atoms with E-state index in [1.54, 1.807) is 12.1 Å². The van der Waals surface area contributed by atoms with Crippen LogP contribution in [0.4, 0.5) is 0 Å². The van der Waals surface area contributed by atoms with E-state index in [2.05, 4.69) is 0 Å². The zero-order valence-electron chi connectivity index (χ0n) is 5.14. The molecule has 4 heteroatoms. The highest BCUT2D eigenvalue weighted by atomic mass is 16.4. The zero-order valence-corrected chi connectivity index (χ0v) is 5.14. The van der Waals surface area contributed by atoms with Gasteiger partial charge in [-0.3, -0.25) is 0 Å². The maximum absolute atomic E-state index is 10.1. The summed E-state index contributed by atoms with van der Waals surface area (Å²) in [5, 5.41) is 17.1. The molecule has 0 radical (unpaired) electrons. The number of hydrogen-bond donors (Lipinski definition) is 2. The highest BCUT2D eigenvalue weighted by Gasteiger charge is 2.12. The van der Waals surface area contributed by atoms with Gasteiger partial charge in [0.05, 0.1) is 0 Å². The second-order valence-corrected chi connectivity index (χ2v) is 1.84. The van der Waals surface area contributed by atoms with Crippen molar-refractivity contribution in [2.75, 3.05) is 0 Å². The minimum atomic E-state index is -1.46. The van der Waals surface area contributed by atoms with Crippen LogP contribution in [0.25, 0.3) is 0 Å². The van der Waals surface area contributed by atoms with Crippen molar-refractivity contribution in [2.24, 2.45) is 0 Å². The lowest BCUT2D eigenvalue weighted by atomic mass is 10.6. The Kier molecular flexibility index (Phi) is 1.73. The van der Waals surface area contributed by atoms with Crippen molar-refractivity contribution >= 4 is 5.97 Å². The molecule has 0 spiro atoms. The Bertz CT molecular complexity index is 217. The number of aliphatic hydroxyl groups is 1. The van der Waals surface area contributed by atoms with Crippen LogP contribution < -0.4 is 0 Å². The third-order valence-electron chi connectivity index (χ3n) is 1.13. The van der Waals surface area contributed by atoms with Crippen molar-refractivity contribution in [3.8, 4) is 0 Å². The van der Waals surface area contributed by atoms with E-state index in [9.17, 15) is 4.79 Å². The topological polar surface area (TPSA) is 62.5 Å². The van der Waals surface area contributed by atoms with Gasteiger partial charge in [0.15, 0.2) is 0 Å². The van der Waals surface area contributed by atoms with Crippen molar-refractivity contribution in [1.82, 2.24) is 4.57 Å². The van der Waals surface area contributed by atoms with E-state index in [1.165, 1.54) is 17.0 Å². The second-order valence-electron chi connectivity index (χ2n) is 1.84. The van der Waals surface area contributed by atoms with Gasteiger partial charge in [-0.1, -0.05) is 0 Å². The van der Waals surface area contributed by atoms with Gasteiger partial charge in [-0.2, -0.15) is 0 Å². The molecule has 1 rings (SSSR count). The van der Waals surface area contributed by atoms with Gasteiger partial charge in [0.2, 0.25) is 6.23 Å². The van der Waals surface area contributed by atoms with Crippen LogP contribution in [0.3, 0.4) is 0 Å². The fourth-order valence-electron chi connectivity index (χ4n) is 0.638. The average Bonchev–Trinajstić information content (AvgIpc) is 2.36. The van der Waals surface area contributed by atoms with E-state index in [-0.39, 0.29) is 0 Å². The molecule has 0 bridgehead atoms. The molecule has 1 unspecified atom stereocenters. The summed E-state index contributed by atoms with van der Waals surface area (Å²) in [5.41, 5.74) is 0. The van der Waals surface area contributed by atoms with E-state index in [0.29, 0.717) is 0 Å². The van der Waals surface area contributed by atoms with E-state index in [4.69, 9.17) is 10.2 Å². The Morgan fingerprint density at radius 3 is 2.30 bits per heavy atom. The summed E-state index contributed by atoms with van der Waals surface area (Å²) in [6, 6.07) is 3.29. The third-order valence-corrected chi connectivity index (χ3v) is 1.13. The Labute approximate surface area is 57.3 Å². The molecule has 0 aliphatic rings. The summed E-state index contributed by atoms with van der Waals surface area (Å²) in [5.74, 6) is -1.25. The van der Waals surface area contributed by atoms with Crippen LogP contribution in [0.1, 0.15) is 6.23 Å². The molecular formula is C6H7NO3. The third kappa shape index (κ3) is 1.16. The molecule has 0 aliphatic carbocycles. The van der Waals surface area contributed by atoms with Crippen LogP contribution >= 0.6 is 0 Å².